The molecule has 0 fully saturated rings. The lowest BCUT2D eigenvalue weighted by atomic mass is 9.89. The first-order chi connectivity index (χ1) is 9.82. The normalized spacial score (nSPS) is 11.0. The van der Waals surface area contributed by atoms with E-state index in [0.29, 0.717) is 13.0 Å². The summed E-state index contributed by atoms with van der Waals surface area (Å²) in [5.74, 6) is -0.499. The van der Waals surface area contributed by atoms with Crippen LogP contribution in [0.25, 0.3) is 0 Å². The minimum absolute atomic E-state index is 0.0308. The fourth-order valence-corrected chi connectivity index (χ4v) is 1.87. The van der Waals surface area contributed by atoms with Gasteiger partial charge in [0.1, 0.15) is 0 Å². The molecule has 0 bridgehead atoms. The Morgan fingerprint density at radius 2 is 2.14 bits per heavy atom. The molecule has 1 aromatic carbocycles. The van der Waals surface area contributed by atoms with Crippen LogP contribution < -0.4 is 10.1 Å². The number of carbonyl (C=O) groups excluding carboxylic acids is 1. The fraction of sp³-hybridized carbons (Fsp3) is 0.500. The highest BCUT2D eigenvalue weighted by molar-refractivity contribution is 5.98. The Bertz CT molecular complexity index is 528. The molecule has 7 nitrogen and oxygen atoms in total. The number of nitro groups is 1. The number of nitro benzene ring substituents is 1. The highest BCUT2D eigenvalue weighted by Gasteiger charge is 2.24. The summed E-state index contributed by atoms with van der Waals surface area (Å²) in [4.78, 5) is 22.5. The van der Waals surface area contributed by atoms with Gasteiger partial charge >= 0.3 is 5.69 Å². The Balaban J connectivity index is 2.93. The largest absolute Gasteiger partial charge is 0.490 e. The highest BCUT2D eigenvalue weighted by Crippen LogP contribution is 2.30. The van der Waals surface area contributed by atoms with Crippen LogP contribution in [0.1, 0.15) is 30.6 Å². The number of hydrogen-bond donors (Lipinski definition) is 2. The smallest absolute Gasteiger partial charge is 0.311 e. The number of carbonyl (C=O) groups is 1. The Hall–Kier alpha value is -2.15. The number of benzene rings is 1. The van der Waals surface area contributed by atoms with Crippen LogP contribution in [0.4, 0.5) is 5.69 Å². The SMILES string of the molecule is COc1c(C(=O)NCC(C)(C)CCO)cccc1[N+](=O)[O-]. The van der Waals surface area contributed by atoms with Crippen molar-refractivity contribution in [3.05, 3.63) is 33.9 Å². The number of para-hydroxylation sites is 1. The van der Waals surface area contributed by atoms with Gasteiger partial charge in [0, 0.05) is 19.2 Å². The lowest BCUT2D eigenvalue weighted by molar-refractivity contribution is -0.385. The zero-order valence-corrected chi connectivity index (χ0v) is 12.4. The van der Waals surface area contributed by atoms with Crippen LogP contribution >= 0.6 is 0 Å². The number of amides is 1. The zero-order chi connectivity index (χ0) is 16.0. The number of rotatable bonds is 7. The van der Waals surface area contributed by atoms with Crippen molar-refractivity contribution in [2.45, 2.75) is 20.3 Å². The van der Waals surface area contributed by atoms with Gasteiger partial charge in [-0.2, -0.15) is 0 Å². The summed E-state index contributed by atoms with van der Waals surface area (Å²) in [5, 5.41) is 22.6. The molecule has 0 spiro atoms. The number of ether oxygens (including phenoxy) is 1. The van der Waals surface area contributed by atoms with E-state index in [9.17, 15) is 14.9 Å². The Kier molecular flexibility index (Phi) is 5.66. The summed E-state index contributed by atoms with van der Waals surface area (Å²) in [5.41, 5.74) is -0.399. The third-order valence-electron chi connectivity index (χ3n) is 3.16. The molecule has 1 rings (SSSR count). The molecule has 7 heteroatoms. The molecule has 0 radical (unpaired) electrons. The maximum absolute atomic E-state index is 12.2. The molecule has 116 valence electrons. The molecular weight excluding hydrogens is 276 g/mol. The topological polar surface area (TPSA) is 102 Å². The third kappa shape index (κ3) is 4.42. The maximum atomic E-state index is 12.2. The Labute approximate surface area is 123 Å². The van der Waals surface area contributed by atoms with Crippen LogP contribution in [0, 0.1) is 15.5 Å². The number of aliphatic hydroxyl groups is 1. The first kappa shape index (κ1) is 16.9. The van der Waals surface area contributed by atoms with E-state index in [1.807, 2.05) is 13.8 Å². The summed E-state index contributed by atoms with van der Waals surface area (Å²) in [6.07, 6.45) is 0.541. The van der Waals surface area contributed by atoms with Gasteiger partial charge in [-0.05, 0) is 17.9 Å². The Morgan fingerprint density at radius 1 is 1.48 bits per heavy atom. The summed E-state index contributed by atoms with van der Waals surface area (Å²) >= 11 is 0. The van der Waals surface area contributed by atoms with Gasteiger partial charge < -0.3 is 15.2 Å². The second-order valence-electron chi connectivity index (χ2n) is 5.44. The minimum atomic E-state index is -0.592. The molecule has 0 saturated heterocycles. The monoisotopic (exact) mass is 296 g/mol. The number of aliphatic hydroxyl groups excluding tert-OH is 1. The first-order valence-electron chi connectivity index (χ1n) is 6.53. The molecule has 0 unspecified atom stereocenters. The molecule has 1 amide bonds. The molecule has 0 saturated carbocycles. The molecule has 2 N–H and O–H groups in total. The van der Waals surface area contributed by atoms with Crippen molar-refractivity contribution in [1.82, 2.24) is 5.32 Å². The highest BCUT2D eigenvalue weighted by atomic mass is 16.6. The van der Waals surface area contributed by atoms with Gasteiger partial charge in [-0.1, -0.05) is 19.9 Å². The number of methoxy groups -OCH3 is 1. The van der Waals surface area contributed by atoms with Crippen LogP contribution in [-0.4, -0.2) is 36.2 Å². The maximum Gasteiger partial charge on any atom is 0.311 e. The quantitative estimate of drug-likeness (QED) is 0.589. The van der Waals surface area contributed by atoms with Crippen LogP contribution in [0.3, 0.4) is 0 Å². The van der Waals surface area contributed by atoms with Crippen LogP contribution in [0.15, 0.2) is 18.2 Å². The van der Waals surface area contributed by atoms with Crippen molar-refractivity contribution in [2.24, 2.45) is 5.41 Å². The molecular formula is C14H20N2O5. The molecule has 0 aromatic heterocycles. The number of nitrogens with one attached hydrogen (secondary N) is 1. The van der Waals surface area contributed by atoms with Gasteiger partial charge in [0.05, 0.1) is 17.6 Å². The van der Waals surface area contributed by atoms with Crippen molar-refractivity contribution in [3.8, 4) is 5.75 Å². The average molecular weight is 296 g/mol. The van der Waals surface area contributed by atoms with E-state index in [1.165, 1.54) is 25.3 Å². The number of hydrogen-bond acceptors (Lipinski definition) is 5. The van der Waals surface area contributed by atoms with E-state index in [4.69, 9.17) is 9.84 Å². The fourth-order valence-electron chi connectivity index (χ4n) is 1.87. The molecule has 0 heterocycles. The second kappa shape index (κ2) is 7.03. The van der Waals surface area contributed by atoms with Crippen molar-refractivity contribution >= 4 is 11.6 Å². The predicted molar refractivity (Wildman–Crippen MR) is 77.5 cm³/mol. The molecule has 0 aliphatic rings. The van der Waals surface area contributed by atoms with Gasteiger partial charge in [-0.15, -0.1) is 0 Å². The number of nitrogens with zero attached hydrogens (tertiary/aromatic N) is 1. The first-order valence-corrected chi connectivity index (χ1v) is 6.53. The van der Waals surface area contributed by atoms with Crippen LogP contribution in [0.2, 0.25) is 0 Å². The third-order valence-corrected chi connectivity index (χ3v) is 3.16. The average Bonchev–Trinajstić information content (AvgIpc) is 2.43. The lowest BCUT2D eigenvalue weighted by Crippen LogP contribution is -2.34. The predicted octanol–water partition coefficient (Wildman–Crippen LogP) is 1.74. The summed E-state index contributed by atoms with van der Waals surface area (Å²) in [7, 11) is 1.29. The van der Waals surface area contributed by atoms with Gasteiger partial charge in [-0.3, -0.25) is 14.9 Å². The van der Waals surface area contributed by atoms with E-state index >= 15 is 0 Å². The van der Waals surface area contributed by atoms with E-state index in [1.54, 1.807) is 0 Å². The minimum Gasteiger partial charge on any atom is -0.490 e. The molecule has 0 atom stereocenters. The second-order valence-corrected chi connectivity index (χ2v) is 5.44. The van der Waals surface area contributed by atoms with E-state index in [2.05, 4.69) is 5.32 Å². The van der Waals surface area contributed by atoms with Gasteiger partial charge in [-0.25, -0.2) is 0 Å². The summed E-state index contributed by atoms with van der Waals surface area (Å²) in [6, 6.07) is 4.19. The van der Waals surface area contributed by atoms with E-state index in [-0.39, 0.29) is 29.0 Å². The molecule has 0 aliphatic carbocycles. The van der Waals surface area contributed by atoms with Crippen molar-refractivity contribution in [2.75, 3.05) is 20.3 Å². The molecule has 21 heavy (non-hydrogen) atoms. The Morgan fingerprint density at radius 3 is 2.67 bits per heavy atom. The van der Waals surface area contributed by atoms with E-state index < -0.39 is 10.8 Å². The summed E-state index contributed by atoms with van der Waals surface area (Å²) in [6.45, 7) is 4.20. The lowest BCUT2D eigenvalue weighted by Gasteiger charge is -2.24. The van der Waals surface area contributed by atoms with Crippen molar-refractivity contribution in [1.29, 1.82) is 0 Å². The van der Waals surface area contributed by atoms with Crippen molar-refractivity contribution in [3.63, 3.8) is 0 Å². The summed E-state index contributed by atoms with van der Waals surface area (Å²) < 4.78 is 5.00. The van der Waals surface area contributed by atoms with Crippen molar-refractivity contribution < 1.29 is 19.6 Å². The van der Waals surface area contributed by atoms with Gasteiger partial charge in [0.25, 0.3) is 5.91 Å². The van der Waals surface area contributed by atoms with E-state index in [0.717, 1.165) is 0 Å². The van der Waals surface area contributed by atoms with Crippen LogP contribution in [-0.2, 0) is 0 Å². The van der Waals surface area contributed by atoms with Crippen LogP contribution in [0.5, 0.6) is 5.75 Å². The molecule has 1 aromatic rings. The zero-order valence-electron chi connectivity index (χ0n) is 12.4. The van der Waals surface area contributed by atoms with Gasteiger partial charge in [0.15, 0.2) is 0 Å². The molecule has 0 aliphatic heterocycles. The standard InChI is InChI=1S/C14H20N2O5/c1-14(2,7-8-17)9-15-13(18)10-5-4-6-11(16(19)20)12(10)21-3/h4-6,17H,7-9H2,1-3H3,(H,15,18). The van der Waals surface area contributed by atoms with Gasteiger partial charge in [0.2, 0.25) is 5.75 Å².